The van der Waals surface area contributed by atoms with Crippen molar-refractivity contribution in [2.75, 3.05) is 13.2 Å². The lowest BCUT2D eigenvalue weighted by atomic mass is 10.0. The van der Waals surface area contributed by atoms with Crippen molar-refractivity contribution in [1.82, 2.24) is 0 Å². The Morgan fingerprint density at radius 1 is 0.318 bits per heavy atom. The minimum atomic E-state index is -0.781. The van der Waals surface area contributed by atoms with Gasteiger partial charge in [0.25, 0.3) is 0 Å². The van der Waals surface area contributed by atoms with E-state index in [0.29, 0.717) is 19.3 Å². The zero-order valence-electron chi connectivity index (χ0n) is 43.7. The highest BCUT2D eigenvalue weighted by molar-refractivity contribution is 5.71. The molecule has 0 saturated heterocycles. The first kappa shape index (κ1) is 63.1. The molecule has 0 aliphatic heterocycles. The van der Waals surface area contributed by atoms with Gasteiger partial charge in [0.05, 0.1) is 0 Å². The van der Waals surface area contributed by atoms with E-state index in [4.69, 9.17) is 14.2 Å². The predicted octanol–water partition coefficient (Wildman–Crippen LogP) is 18.8. The molecule has 382 valence electrons. The van der Waals surface area contributed by atoms with Crippen LogP contribution in [0.4, 0.5) is 0 Å². The Balaban J connectivity index is 4.38. The van der Waals surface area contributed by atoms with Crippen LogP contribution in [0.5, 0.6) is 0 Å². The molecule has 0 aromatic heterocycles. The summed E-state index contributed by atoms with van der Waals surface area (Å²) in [4.78, 5) is 38.1. The molecular formula is C60H106O6. The van der Waals surface area contributed by atoms with Gasteiger partial charge in [-0.05, 0) is 83.5 Å². The number of carbonyl (C=O) groups excluding carboxylic acids is 3. The molecule has 0 amide bonds. The molecule has 0 aliphatic carbocycles. The smallest absolute Gasteiger partial charge is 0.306 e. The minimum Gasteiger partial charge on any atom is -0.462 e. The van der Waals surface area contributed by atoms with E-state index in [2.05, 4.69) is 81.5 Å². The van der Waals surface area contributed by atoms with Gasteiger partial charge in [-0.25, -0.2) is 0 Å². The molecular weight excluding hydrogens is 817 g/mol. The van der Waals surface area contributed by atoms with Gasteiger partial charge in [-0.3, -0.25) is 14.4 Å². The van der Waals surface area contributed by atoms with Crippen molar-refractivity contribution in [3.63, 3.8) is 0 Å². The minimum absolute atomic E-state index is 0.0785. The average molecular weight is 924 g/mol. The monoisotopic (exact) mass is 923 g/mol. The maximum atomic E-state index is 12.8. The normalized spacial score (nSPS) is 12.5. The summed E-state index contributed by atoms with van der Waals surface area (Å²) in [5, 5.41) is 0. The van der Waals surface area contributed by atoms with Gasteiger partial charge >= 0.3 is 17.9 Å². The van der Waals surface area contributed by atoms with Crippen molar-refractivity contribution in [3.05, 3.63) is 60.8 Å². The summed E-state index contributed by atoms with van der Waals surface area (Å²) in [5.41, 5.74) is 0. The first-order chi connectivity index (χ1) is 32.5. The van der Waals surface area contributed by atoms with Gasteiger partial charge in [-0.15, -0.1) is 0 Å². The maximum Gasteiger partial charge on any atom is 0.306 e. The fraction of sp³-hybridized carbons (Fsp3) is 0.783. The lowest BCUT2D eigenvalue weighted by Gasteiger charge is -2.18. The number of ether oxygens (including phenoxy) is 3. The van der Waals surface area contributed by atoms with Crippen molar-refractivity contribution in [3.8, 4) is 0 Å². The molecule has 1 unspecified atom stereocenters. The Morgan fingerprint density at radius 2 is 0.591 bits per heavy atom. The van der Waals surface area contributed by atoms with Crippen molar-refractivity contribution in [2.45, 2.75) is 290 Å². The molecule has 0 spiro atoms. The highest BCUT2D eigenvalue weighted by atomic mass is 16.6. The predicted molar refractivity (Wildman–Crippen MR) is 284 cm³/mol. The maximum absolute atomic E-state index is 12.8. The van der Waals surface area contributed by atoms with Gasteiger partial charge in [0.1, 0.15) is 13.2 Å². The fourth-order valence-electron chi connectivity index (χ4n) is 8.02. The number of unbranched alkanes of at least 4 members (excludes halogenated alkanes) is 30. The van der Waals surface area contributed by atoms with E-state index in [1.165, 1.54) is 148 Å². The molecule has 0 rings (SSSR count). The first-order valence-corrected chi connectivity index (χ1v) is 28.3. The van der Waals surface area contributed by atoms with Crippen molar-refractivity contribution in [2.24, 2.45) is 0 Å². The van der Waals surface area contributed by atoms with Crippen LogP contribution in [0.25, 0.3) is 0 Å². The summed E-state index contributed by atoms with van der Waals surface area (Å²) in [6.45, 7) is 6.52. The van der Waals surface area contributed by atoms with Crippen LogP contribution >= 0.6 is 0 Å². The van der Waals surface area contributed by atoms with E-state index in [1.54, 1.807) is 0 Å². The lowest BCUT2D eigenvalue weighted by molar-refractivity contribution is -0.167. The van der Waals surface area contributed by atoms with Crippen LogP contribution < -0.4 is 0 Å². The number of hydrogen-bond acceptors (Lipinski definition) is 6. The zero-order valence-corrected chi connectivity index (χ0v) is 43.7. The molecule has 6 heteroatoms. The molecule has 0 saturated carbocycles. The second-order valence-electron chi connectivity index (χ2n) is 18.8. The first-order valence-electron chi connectivity index (χ1n) is 28.3. The van der Waals surface area contributed by atoms with Crippen LogP contribution in [0.15, 0.2) is 60.8 Å². The Labute approximate surface area is 409 Å². The number of rotatable bonds is 51. The number of carbonyl (C=O) groups is 3. The second-order valence-corrected chi connectivity index (χ2v) is 18.8. The van der Waals surface area contributed by atoms with Crippen LogP contribution in [0, 0.1) is 0 Å². The second kappa shape index (κ2) is 54.7. The summed E-state index contributed by atoms with van der Waals surface area (Å²) in [6, 6.07) is 0. The largest absolute Gasteiger partial charge is 0.462 e. The fourth-order valence-corrected chi connectivity index (χ4v) is 8.02. The molecule has 0 bridgehead atoms. The van der Waals surface area contributed by atoms with E-state index in [9.17, 15) is 14.4 Å². The third-order valence-electron chi connectivity index (χ3n) is 12.3. The van der Waals surface area contributed by atoms with Gasteiger partial charge in [-0.2, -0.15) is 0 Å². The van der Waals surface area contributed by atoms with Gasteiger partial charge in [0.15, 0.2) is 6.10 Å². The van der Waals surface area contributed by atoms with Crippen LogP contribution in [0.3, 0.4) is 0 Å². The molecule has 6 nitrogen and oxygen atoms in total. The molecule has 1 atom stereocenters. The molecule has 0 aromatic rings. The highest BCUT2D eigenvalue weighted by Crippen LogP contribution is 2.16. The van der Waals surface area contributed by atoms with E-state index >= 15 is 0 Å². The zero-order chi connectivity index (χ0) is 47.9. The van der Waals surface area contributed by atoms with Gasteiger partial charge < -0.3 is 14.2 Å². The molecule has 0 aliphatic rings. The number of esters is 3. The molecule has 0 aromatic carbocycles. The van der Waals surface area contributed by atoms with E-state index in [0.717, 1.165) is 96.3 Å². The van der Waals surface area contributed by atoms with Crippen molar-refractivity contribution >= 4 is 17.9 Å². The van der Waals surface area contributed by atoms with Crippen LogP contribution in [0.2, 0.25) is 0 Å². The lowest BCUT2D eigenvalue weighted by Crippen LogP contribution is -2.30. The molecule has 0 N–H and O–H groups in total. The standard InChI is InChI=1S/C60H106O6/c1-4-7-10-13-16-19-22-25-27-29-31-32-35-38-41-44-47-50-53-59(62)65-56-57(55-64-58(61)52-49-46-43-40-37-34-24-21-18-15-12-9-6-3)66-60(63)54-51-48-45-42-39-36-33-30-28-26-23-20-17-14-11-8-5-2/h8,11,17,19-20,22,26-29,57H,4-7,9-10,12-16,18,21,23-25,30-56H2,1-3H3/b11-8-,20-17-,22-19-,28-26-,29-27-. The summed E-state index contributed by atoms with van der Waals surface area (Å²) < 4.78 is 16.9. The molecule has 66 heavy (non-hydrogen) atoms. The summed E-state index contributed by atoms with van der Waals surface area (Å²) >= 11 is 0. The summed E-state index contributed by atoms with van der Waals surface area (Å²) in [7, 11) is 0. The Bertz CT molecular complexity index is 1200. The number of hydrogen-bond donors (Lipinski definition) is 0. The van der Waals surface area contributed by atoms with Crippen LogP contribution in [-0.2, 0) is 28.6 Å². The SMILES string of the molecule is CC/C=C\C/C=C\C/C=C\CCCCCCCCCC(=O)OC(COC(=O)CCCCCCCCC/C=C\C/C=C\CCCCCC)COC(=O)CCCCCCCCCCCCCCC. The number of allylic oxidation sites excluding steroid dienone is 10. The van der Waals surface area contributed by atoms with Gasteiger partial charge in [-0.1, -0.05) is 242 Å². The molecule has 0 fully saturated rings. The van der Waals surface area contributed by atoms with E-state index in [-0.39, 0.29) is 31.1 Å². The van der Waals surface area contributed by atoms with Crippen molar-refractivity contribution in [1.29, 1.82) is 0 Å². The van der Waals surface area contributed by atoms with Gasteiger partial charge in [0, 0.05) is 19.3 Å². The molecule has 0 radical (unpaired) electrons. The Hall–Kier alpha value is -2.89. The van der Waals surface area contributed by atoms with E-state index in [1.807, 2.05) is 0 Å². The topological polar surface area (TPSA) is 78.9 Å². The van der Waals surface area contributed by atoms with Crippen LogP contribution in [0.1, 0.15) is 284 Å². The summed E-state index contributed by atoms with van der Waals surface area (Å²) in [6.07, 6.45) is 67.7. The third kappa shape index (κ3) is 52.1. The van der Waals surface area contributed by atoms with E-state index < -0.39 is 6.10 Å². The van der Waals surface area contributed by atoms with Crippen LogP contribution in [-0.4, -0.2) is 37.2 Å². The Morgan fingerprint density at radius 3 is 0.939 bits per heavy atom. The van der Waals surface area contributed by atoms with Gasteiger partial charge in [0.2, 0.25) is 0 Å². The quantitative estimate of drug-likeness (QED) is 0.0262. The Kier molecular flexibility index (Phi) is 52.3. The van der Waals surface area contributed by atoms with Crippen molar-refractivity contribution < 1.29 is 28.6 Å². The molecule has 0 heterocycles. The highest BCUT2D eigenvalue weighted by Gasteiger charge is 2.19. The average Bonchev–Trinajstić information content (AvgIpc) is 3.31. The third-order valence-corrected chi connectivity index (χ3v) is 12.3. The summed E-state index contributed by atoms with van der Waals surface area (Å²) in [5.74, 6) is -0.886.